The zero-order chi connectivity index (χ0) is 11.3. The van der Waals surface area contributed by atoms with Gasteiger partial charge in [0.2, 0.25) is 0 Å². The van der Waals surface area contributed by atoms with Crippen LogP contribution in [0.15, 0.2) is 18.2 Å². The Morgan fingerprint density at radius 2 is 2.20 bits per heavy atom. The first-order valence-electron chi connectivity index (χ1n) is 5.24. The van der Waals surface area contributed by atoms with Gasteiger partial charge in [0, 0.05) is 5.56 Å². The third-order valence-electron chi connectivity index (χ3n) is 2.23. The second-order valence-electron chi connectivity index (χ2n) is 3.60. The van der Waals surface area contributed by atoms with Crippen molar-refractivity contribution in [1.82, 2.24) is 0 Å². The predicted octanol–water partition coefficient (Wildman–Crippen LogP) is 2.89. The van der Waals surface area contributed by atoms with Crippen molar-refractivity contribution in [2.45, 2.75) is 39.4 Å². The standard InChI is InChI=1S/C12H17FO2/c1-3-5-9(2)15-12-10(8-14)6-4-7-11(12)13/h4,6-7,9,14H,3,5,8H2,1-2H3. The van der Waals surface area contributed by atoms with Gasteiger partial charge in [-0.1, -0.05) is 25.5 Å². The number of aliphatic hydroxyl groups is 1. The van der Waals surface area contributed by atoms with Gasteiger partial charge in [-0.2, -0.15) is 0 Å². The molecular formula is C12H17FO2. The highest BCUT2D eigenvalue weighted by molar-refractivity contribution is 5.34. The lowest BCUT2D eigenvalue weighted by Gasteiger charge is -2.16. The molecule has 0 fully saturated rings. The molecule has 0 bridgehead atoms. The van der Waals surface area contributed by atoms with Crippen molar-refractivity contribution in [3.8, 4) is 5.75 Å². The molecule has 0 heterocycles. The summed E-state index contributed by atoms with van der Waals surface area (Å²) in [4.78, 5) is 0. The largest absolute Gasteiger partial charge is 0.487 e. The zero-order valence-electron chi connectivity index (χ0n) is 9.16. The molecular weight excluding hydrogens is 195 g/mol. The molecule has 0 amide bonds. The Balaban J connectivity index is 2.82. The molecule has 0 radical (unpaired) electrons. The molecule has 15 heavy (non-hydrogen) atoms. The molecule has 1 atom stereocenters. The Morgan fingerprint density at radius 3 is 2.80 bits per heavy atom. The summed E-state index contributed by atoms with van der Waals surface area (Å²) in [5.74, 6) is -0.231. The molecule has 1 aromatic rings. The first kappa shape index (κ1) is 12.0. The fourth-order valence-electron chi connectivity index (χ4n) is 1.48. The maximum atomic E-state index is 13.4. The lowest BCUT2D eigenvalue weighted by molar-refractivity contribution is 0.190. The summed E-state index contributed by atoms with van der Waals surface area (Å²) < 4.78 is 18.9. The maximum Gasteiger partial charge on any atom is 0.165 e. The first-order chi connectivity index (χ1) is 7.19. The van der Waals surface area contributed by atoms with Gasteiger partial charge in [-0.25, -0.2) is 4.39 Å². The van der Waals surface area contributed by atoms with E-state index in [2.05, 4.69) is 0 Å². The fourth-order valence-corrected chi connectivity index (χ4v) is 1.48. The van der Waals surface area contributed by atoms with E-state index in [9.17, 15) is 4.39 Å². The van der Waals surface area contributed by atoms with Crippen LogP contribution in [-0.4, -0.2) is 11.2 Å². The van der Waals surface area contributed by atoms with Crippen LogP contribution in [0.1, 0.15) is 32.3 Å². The summed E-state index contributed by atoms with van der Waals surface area (Å²) in [5, 5.41) is 9.04. The van der Waals surface area contributed by atoms with Crippen LogP contribution >= 0.6 is 0 Å². The summed E-state index contributed by atoms with van der Waals surface area (Å²) in [6.45, 7) is 3.75. The second kappa shape index (κ2) is 5.71. The highest BCUT2D eigenvalue weighted by atomic mass is 19.1. The Bertz CT molecular complexity index is 312. The van der Waals surface area contributed by atoms with E-state index in [-0.39, 0.29) is 18.5 Å². The molecule has 1 N–H and O–H groups in total. The molecule has 2 nitrogen and oxygen atoms in total. The minimum Gasteiger partial charge on any atom is -0.487 e. The number of para-hydroxylation sites is 1. The van der Waals surface area contributed by atoms with Crippen molar-refractivity contribution in [2.24, 2.45) is 0 Å². The molecule has 84 valence electrons. The highest BCUT2D eigenvalue weighted by Gasteiger charge is 2.12. The monoisotopic (exact) mass is 212 g/mol. The van der Waals surface area contributed by atoms with E-state index in [1.165, 1.54) is 6.07 Å². The van der Waals surface area contributed by atoms with Crippen LogP contribution in [0.3, 0.4) is 0 Å². The summed E-state index contributed by atoms with van der Waals surface area (Å²) in [6.07, 6.45) is 1.83. The van der Waals surface area contributed by atoms with Crippen molar-refractivity contribution in [2.75, 3.05) is 0 Å². The molecule has 0 aliphatic rings. The summed E-state index contributed by atoms with van der Waals surface area (Å²) in [6, 6.07) is 4.57. The minimum absolute atomic E-state index is 0.0304. The topological polar surface area (TPSA) is 29.5 Å². The number of hydrogen-bond donors (Lipinski definition) is 1. The van der Waals surface area contributed by atoms with Crippen molar-refractivity contribution >= 4 is 0 Å². The van der Waals surface area contributed by atoms with Gasteiger partial charge in [0.1, 0.15) is 0 Å². The Labute approximate surface area is 89.7 Å². The molecule has 1 aromatic carbocycles. The summed E-state index contributed by atoms with van der Waals surface area (Å²) >= 11 is 0. The molecule has 0 aliphatic heterocycles. The average molecular weight is 212 g/mol. The van der Waals surface area contributed by atoms with E-state index in [1.54, 1.807) is 12.1 Å². The van der Waals surface area contributed by atoms with Crippen LogP contribution in [-0.2, 0) is 6.61 Å². The van der Waals surface area contributed by atoms with Crippen molar-refractivity contribution < 1.29 is 14.2 Å². The maximum absolute atomic E-state index is 13.4. The molecule has 0 spiro atoms. The molecule has 0 aliphatic carbocycles. The number of ether oxygens (including phenoxy) is 1. The van der Waals surface area contributed by atoms with Crippen molar-refractivity contribution in [3.63, 3.8) is 0 Å². The molecule has 1 unspecified atom stereocenters. The Kier molecular flexibility index (Phi) is 4.56. The second-order valence-corrected chi connectivity index (χ2v) is 3.60. The van der Waals surface area contributed by atoms with E-state index < -0.39 is 5.82 Å². The van der Waals surface area contributed by atoms with Gasteiger partial charge in [-0.15, -0.1) is 0 Å². The molecule has 0 aromatic heterocycles. The number of hydrogen-bond acceptors (Lipinski definition) is 2. The Morgan fingerprint density at radius 1 is 1.47 bits per heavy atom. The lowest BCUT2D eigenvalue weighted by Crippen LogP contribution is -2.13. The number of aliphatic hydroxyl groups excluding tert-OH is 1. The smallest absolute Gasteiger partial charge is 0.165 e. The summed E-state index contributed by atoms with van der Waals surface area (Å²) in [7, 11) is 0. The van der Waals surface area contributed by atoms with Gasteiger partial charge < -0.3 is 9.84 Å². The predicted molar refractivity (Wildman–Crippen MR) is 57.3 cm³/mol. The Hall–Kier alpha value is -1.09. The SMILES string of the molecule is CCCC(C)Oc1c(F)cccc1CO. The third kappa shape index (κ3) is 3.20. The number of halogens is 1. The van der Waals surface area contributed by atoms with Gasteiger partial charge in [0.15, 0.2) is 11.6 Å². The quantitative estimate of drug-likeness (QED) is 0.813. The fraction of sp³-hybridized carbons (Fsp3) is 0.500. The molecule has 1 rings (SSSR count). The normalized spacial score (nSPS) is 12.5. The van der Waals surface area contributed by atoms with Crippen molar-refractivity contribution in [3.05, 3.63) is 29.6 Å². The molecule has 0 saturated carbocycles. The van der Waals surface area contributed by atoms with E-state index in [1.807, 2.05) is 13.8 Å². The van der Waals surface area contributed by atoms with Crippen LogP contribution in [0, 0.1) is 5.82 Å². The van der Waals surface area contributed by atoms with Crippen LogP contribution < -0.4 is 4.74 Å². The third-order valence-corrected chi connectivity index (χ3v) is 2.23. The van der Waals surface area contributed by atoms with Gasteiger partial charge in [-0.05, 0) is 19.4 Å². The van der Waals surface area contributed by atoms with Crippen LogP contribution in [0.2, 0.25) is 0 Å². The molecule has 3 heteroatoms. The number of rotatable bonds is 5. The molecule has 0 saturated heterocycles. The van der Waals surface area contributed by atoms with E-state index >= 15 is 0 Å². The van der Waals surface area contributed by atoms with Crippen LogP contribution in [0.4, 0.5) is 4.39 Å². The van der Waals surface area contributed by atoms with Gasteiger partial charge in [-0.3, -0.25) is 0 Å². The first-order valence-corrected chi connectivity index (χ1v) is 5.24. The van der Waals surface area contributed by atoms with E-state index in [0.717, 1.165) is 12.8 Å². The average Bonchev–Trinajstić information content (AvgIpc) is 2.21. The van der Waals surface area contributed by atoms with Crippen LogP contribution in [0.25, 0.3) is 0 Å². The number of benzene rings is 1. The van der Waals surface area contributed by atoms with Crippen molar-refractivity contribution in [1.29, 1.82) is 0 Å². The minimum atomic E-state index is -0.412. The van der Waals surface area contributed by atoms with E-state index in [4.69, 9.17) is 9.84 Å². The zero-order valence-corrected chi connectivity index (χ0v) is 9.16. The summed E-state index contributed by atoms with van der Waals surface area (Å²) in [5.41, 5.74) is 0.498. The highest BCUT2D eigenvalue weighted by Crippen LogP contribution is 2.24. The van der Waals surface area contributed by atoms with Gasteiger partial charge in [0.25, 0.3) is 0 Å². The van der Waals surface area contributed by atoms with Gasteiger partial charge >= 0.3 is 0 Å². The van der Waals surface area contributed by atoms with Crippen LogP contribution in [0.5, 0.6) is 5.75 Å². The van der Waals surface area contributed by atoms with E-state index in [0.29, 0.717) is 5.56 Å². The van der Waals surface area contributed by atoms with Gasteiger partial charge in [0.05, 0.1) is 12.7 Å². The lowest BCUT2D eigenvalue weighted by atomic mass is 10.2.